The molecule has 0 amide bonds. The van der Waals surface area contributed by atoms with Gasteiger partial charge in [0.1, 0.15) is 0 Å². The van der Waals surface area contributed by atoms with E-state index in [9.17, 15) is 4.79 Å². The van der Waals surface area contributed by atoms with Crippen molar-refractivity contribution in [3.8, 4) is 0 Å². The number of aliphatic carboxylic acids is 1. The van der Waals surface area contributed by atoms with E-state index in [4.69, 9.17) is 5.11 Å². The lowest BCUT2D eigenvalue weighted by molar-refractivity contribution is -0.136. The van der Waals surface area contributed by atoms with E-state index in [1.807, 2.05) is 18.2 Å². The number of hydrogen-bond acceptors (Lipinski definition) is 3. The van der Waals surface area contributed by atoms with Gasteiger partial charge < -0.3 is 5.11 Å². The van der Waals surface area contributed by atoms with Crippen LogP contribution in [0.3, 0.4) is 0 Å². The molecule has 0 spiro atoms. The van der Waals surface area contributed by atoms with Crippen LogP contribution in [0.4, 0.5) is 0 Å². The van der Waals surface area contributed by atoms with E-state index >= 15 is 0 Å². The Bertz CT molecular complexity index is 531. The lowest BCUT2D eigenvalue weighted by Gasteiger charge is -1.97. The van der Waals surface area contributed by atoms with Crippen LogP contribution in [-0.4, -0.2) is 16.1 Å². The average Bonchev–Trinajstić information content (AvgIpc) is 2.61. The van der Waals surface area contributed by atoms with Crippen LogP contribution in [0.2, 0.25) is 0 Å². The largest absolute Gasteiger partial charge is 0.481 e. The van der Waals surface area contributed by atoms with Crippen LogP contribution in [-0.2, 0) is 11.2 Å². The molecule has 0 fully saturated rings. The minimum atomic E-state index is -0.799. The van der Waals surface area contributed by atoms with Crippen molar-refractivity contribution in [3.05, 3.63) is 28.8 Å². The summed E-state index contributed by atoms with van der Waals surface area (Å²) in [5.74, 6) is -0.415. The van der Waals surface area contributed by atoms with Crippen LogP contribution in [0.1, 0.15) is 30.3 Å². The molecule has 2 aromatic rings. The normalized spacial score (nSPS) is 11.2. The fourth-order valence-corrected chi connectivity index (χ4v) is 2.65. The van der Waals surface area contributed by atoms with Crippen molar-refractivity contribution in [1.29, 1.82) is 0 Å². The van der Waals surface area contributed by atoms with Crippen LogP contribution in [0, 0.1) is 0 Å². The molecule has 0 atom stereocenters. The maximum absolute atomic E-state index is 10.7. The maximum Gasteiger partial charge on any atom is 0.307 e. The van der Waals surface area contributed by atoms with Crippen LogP contribution < -0.4 is 0 Å². The third-order valence-electron chi connectivity index (χ3n) is 2.35. The van der Waals surface area contributed by atoms with Gasteiger partial charge in [-0.1, -0.05) is 26.0 Å². The van der Waals surface area contributed by atoms with Gasteiger partial charge >= 0.3 is 5.97 Å². The summed E-state index contributed by atoms with van der Waals surface area (Å²) in [6.45, 7) is 4.18. The van der Waals surface area contributed by atoms with E-state index in [0.29, 0.717) is 5.92 Å². The lowest BCUT2D eigenvalue weighted by atomic mass is 10.1. The molecule has 2 rings (SSSR count). The van der Waals surface area contributed by atoms with Gasteiger partial charge in [-0.25, -0.2) is 4.98 Å². The molecule has 1 N–H and O–H groups in total. The molecule has 0 aliphatic heterocycles. The number of rotatable bonds is 3. The highest BCUT2D eigenvalue weighted by Crippen LogP contribution is 2.30. The fraction of sp³-hybridized carbons (Fsp3) is 0.333. The molecule has 0 aliphatic carbocycles. The molecule has 3 nitrogen and oxygen atoms in total. The molecule has 84 valence electrons. The van der Waals surface area contributed by atoms with Crippen molar-refractivity contribution in [2.75, 3.05) is 0 Å². The Balaban J connectivity index is 2.54. The number of fused-ring (bicyclic) bond motifs is 1. The molecule has 0 unspecified atom stereocenters. The predicted molar refractivity (Wildman–Crippen MR) is 65.0 cm³/mol. The second kappa shape index (κ2) is 4.22. The molecule has 0 aliphatic rings. The van der Waals surface area contributed by atoms with Gasteiger partial charge in [0, 0.05) is 5.92 Å². The van der Waals surface area contributed by atoms with E-state index in [1.165, 1.54) is 0 Å². The summed E-state index contributed by atoms with van der Waals surface area (Å²) in [4.78, 5) is 15.2. The standard InChI is InChI=1S/C12H13NO2S/c1-7(2)12-13-9-5-3-4-8(6-10(14)15)11(9)16-12/h3-5,7H,6H2,1-2H3,(H,14,15). The highest BCUT2D eigenvalue weighted by molar-refractivity contribution is 7.18. The number of nitrogens with zero attached hydrogens (tertiary/aromatic N) is 1. The minimum absolute atomic E-state index is 0.0665. The molecule has 1 aromatic heterocycles. The van der Waals surface area contributed by atoms with Gasteiger partial charge in [0.2, 0.25) is 0 Å². The second-order valence-corrected chi connectivity index (χ2v) is 5.07. The Hall–Kier alpha value is -1.42. The van der Waals surface area contributed by atoms with Crippen LogP contribution >= 0.6 is 11.3 Å². The quantitative estimate of drug-likeness (QED) is 0.889. The van der Waals surface area contributed by atoms with Crippen molar-refractivity contribution in [1.82, 2.24) is 4.98 Å². The topological polar surface area (TPSA) is 50.2 Å². The maximum atomic E-state index is 10.7. The van der Waals surface area contributed by atoms with Gasteiger partial charge in [0.25, 0.3) is 0 Å². The first kappa shape index (κ1) is 11.1. The summed E-state index contributed by atoms with van der Waals surface area (Å²) in [5, 5.41) is 9.89. The predicted octanol–water partition coefficient (Wildman–Crippen LogP) is 3.05. The van der Waals surface area contributed by atoms with Gasteiger partial charge in [-0.3, -0.25) is 4.79 Å². The number of carbonyl (C=O) groups is 1. The van der Waals surface area contributed by atoms with E-state index < -0.39 is 5.97 Å². The molecule has 0 saturated heterocycles. The number of aromatic nitrogens is 1. The van der Waals surface area contributed by atoms with Crippen molar-refractivity contribution in [3.63, 3.8) is 0 Å². The third kappa shape index (κ3) is 2.07. The summed E-state index contributed by atoms with van der Waals surface area (Å²) in [5.41, 5.74) is 1.77. The first-order valence-corrected chi connectivity index (χ1v) is 5.99. The highest BCUT2D eigenvalue weighted by atomic mass is 32.1. The summed E-state index contributed by atoms with van der Waals surface area (Å²) in [7, 11) is 0. The zero-order valence-corrected chi connectivity index (χ0v) is 10.0. The van der Waals surface area contributed by atoms with Crippen molar-refractivity contribution in [2.24, 2.45) is 0 Å². The summed E-state index contributed by atoms with van der Waals surface area (Å²) >= 11 is 1.60. The lowest BCUT2D eigenvalue weighted by Crippen LogP contribution is -1.99. The van der Waals surface area contributed by atoms with Gasteiger partial charge in [0.05, 0.1) is 21.6 Å². The third-order valence-corrected chi connectivity index (χ3v) is 3.80. The first-order chi connectivity index (χ1) is 7.58. The summed E-state index contributed by atoms with van der Waals surface area (Å²) in [6, 6.07) is 5.66. The van der Waals surface area contributed by atoms with Crippen molar-refractivity contribution < 1.29 is 9.90 Å². The van der Waals surface area contributed by atoms with Gasteiger partial charge in [0.15, 0.2) is 0 Å². The Kier molecular flexibility index (Phi) is 2.92. The van der Waals surface area contributed by atoms with Gasteiger partial charge in [-0.05, 0) is 11.6 Å². The molecule has 1 aromatic carbocycles. The number of thiazole rings is 1. The van der Waals surface area contributed by atoms with Crippen LogP contribution in [0.5, 0.6) is 0 Å². The van der Waals surface area contributed by atoms with Crippen LogP contribution in [0.25, 0.3) is 10.2 Å². The van der Waals surface area contributed by atoms with E-state index in [2.05, 4.69) is 18.8 Å². The SMILES string of the molecule is CC(C)c1nc2cccc(CC(=O)O)c2s1. The monoisotopic (exact) mass is 235 g/mol. The Labute approximate surface area is 97.8 Å². The highest BCUT2D eigenvalue weighted by Gasteiger charge is 2.11. The summed E-state index contributed by atoms with van der Waals surface area (Å²) in [6.07, 6.45) is 0.0665. The molecule has 0 saturated carbocycles. The zero-order chi connectivity index (χ0) is 11.7. The smallest absolute Gasteiger partial charge is 0.307 e. The zero-order valence-electron chi connectivity index (χ0n) is 9.23. The van der Waals surface area contributed by atoms with E-state index in [1.54, 1.807) is 11.3 Å². The average molecular weight is 235 g/mol. The van der Waals surface area contributed by atoms with Gasteiger partial charge in [-0.15, -0.1) is 11.3 Å². The fourth-order valence-electron chi connectivity index (χ4n) is 1.57. The molecule has 4 heteroatoms. The van der Waals surface area contributed by atoms with E-state index in [0.717, 1.165) is 20.8 Å². The van der Waals surface area contributed by atoms with Crippen molar-refractivity contribution >= 4 is 27.5 Å². The molecule has 0 radical (unpaired) electrons. The Morgan fingerprint density at radius 1 is 1.50 bits per heavy atom. The Morgan fingerprint density at radius 2 is 2.25 bits per heavy atom. The molecular weight excluding hydrogens is 222 g/mol. The number of benzene rings is 1. The molecule has 1 heterocycles. The second-order valence-electron chi connectivity index (χ2n) is 4.04. The summed E-state index contributed by atoms with van der Waals surface area (Å²) < 4.78 is 1.01. The first-order valence-electron chi connectivity index (χ1n) is 5.18. The minimum Gasteiger partial charge on any atom is -0.481 e. The van der Waals surface area contributed by atoms with E-state index in [-0.39, 0.29) is 6.42 Å². The van der Waals surface area contributed by atoms with Gasteiger partial charge in [-0.2, -0.15) is 0 Å². The molecule has 16 heavy (non-hydrogen) atoms. The molecular formula is C12H13NO2S. The number of carboxylic acid groups (broad SMARTS) is 1. The van der Waals surface area contributed by atoms with Crippen molar-refractivity contribution in [2.45, 2.75) is 26.2 Å². The molecule has 0 bridgehead atoms. The Morgan fingerprint density at radius 3 is 2.88 bits per heavy atom. The number of carboxylic acids is 1. The number of hydrogen-bond donors (Lipinski definition) is 1. The van der Waals surface area contributed by atoms with Crippen LogP contribution in [0.15, 0.2) is 18.2 Å².